The minimum Gasteiger partial charge on any atom is -0.480 e. The third-order valence-corrected chi connectivity index (χ3v) is 4.24. The summed E-state index contributed by atoms with van der Waals surface area (Å²) in [6, 6.07) is 7.80. The number of hydrogen-bond acceptors (Lipinski definition) is 3. The molecule has 4 heteroatoms. The van der Waals surface area contributed by atoms with Crippen LogP contribution in [-0.2, 0) is 17.8 Å². The highest BCUT2D eigenvalue weighted by molar-refractivity contribution is 7.99. The number of fused-ring (bicyclic) bond motifs is 1. The topological polar surface area (TPSA) is 40.5 Å². The minimum atomic E-state index is -0.703. The van der Waals surface area contributed by atoms with Crippen molar-refractivity contribution in [2.45, 2.75) is 25.9 Å². The van der Waals surface area contributed by atoms with Gasteiger partial charge in [0.25, 0.3) is 0 Å². The molecule has 0 saturated carbocycles. The van der Waals surface area contributed by atoms with E-state index in [-0.39, 0.29) is 6.04 Å². The van der Waals surface area contributed by atoms with Crippen molar-refractivity contribution in [1.82, 2.24) is 4.90 Å². The molecule has 1 aromatic carbocycles. The molecule has 1 aliphatic rings. The molecule has 1 aromatic rings. The van der Waals surface area contributed by atoms with Gasteiger partial charge in [0.05, 0.1) is 0 Å². The Morgan fingerprint density at radius 3 is 2.83 bits per heavy atom. The summed E-state index contributed by atoms with van der Waals surface area (Å²) in [5.74, 6) is 1.39. The number of nitrogens with zero attached hydrogens (tertiary/aromatic N) is 1. The Morgan fingerprint density at radius 2 is 2.17 bits per heavy atom. The lowest BCUT2D eigenvalue weighted by atomic mass is 9.94. The van der Waals surface area contributed by atoms with Crippen molar-refractivity contribution in [1.29, 1.82) is 0 Å². The molecule has 18 heavy (non-hydrogen) atoms. The number of rotatable bonds is 5. The van der Waals surface area contributed by atoms with Gasteiger partial charge in [-0.25, -0.2) is 0 Å². The van der Waals surface area contributed by atoms with Gasteiger partial charge in [0.2, 0.25) is 0 Å². The number of carboxylic acids is 1. The van der Waals surface area contributed by atoms with Crippen molar-refractivity contribution in [3.05, 3.63) is 35.4 Å². The summed E-state index contributed by atoms with van der Waals surface area (Å²) in [5.41, 5.74) is 2.46. The van der Waals surface area contributed by atoms with Crippen LogP contribution in [0.2, 0.25) is 0 Å². The summed E-state index contributed by atoms with van der Waals surface area (Å²) in [6.45, 7) is 3.74. The van der Waals surface area contributed by atoms with Crippen LogP contribution >= 0.6 is 11.8 Å². The molecule has 2 rings (SSSR count). The van der Waals surface area contributed by atoms with E-state index in [0.717, 1.165) is 24.6 Å². The molecule has 0 aromatic heterocycles. The average Bonchev–Trinajstić information content (AvgIpc) is 2.38. The van der Waals surface area contributed by atoms with Crippen LogP contribution in [0.3, 0.4) is 0 Å². The molecule has 1 heterocycles. The third-order valence-electron chi connectivity index (χ3n) is 3.36. The van der Waals surface area contributed by atoms with Gasteiger partial charge in [0.15, 0.2) is 0 Å². The molecule has 0 bridgehead atoms. The highest BCUT2D eigenvalue weighted by Gasteiger charge is 2.30. The highest BCUT2D eigenvalue weighted by Crippen LogP contribution is 2.23. The molecule has 98 valence electrons. The van der Waals surface area contributed by atoms with E-state index >= 15 is 0 Å². The van der Waals surface area contributed by atoms with Gasteiger partial charge in [-0.1, -0.05) is 31.2 Å². The Morgan fingerprint density at radius 1 is 1.44 bits per heavy atom. The number of aliphatic carboxylic acids is 1. The van der Waals surface area contributed by atoms with Gasteiger partial charge in [-0.3, -0.25) is 9.69 Å². The van der Waals surface area contributed by atoms with E-state index in [2.05, 4.69) is 17.9 Å². The first-order chi connectivity index (χ1) is 8.72. The minimum absolute atomic E-state index is 0.364. The Labute approximate surface area is 112 Å². The number of benzene rings is 1. The monoisotopic (exact) mass is 265 g/mol. The second kappa shape index (κ2) is 6.25. The summed E-state index contributed by atoms with van der Waals surface area (Å²) in [5, 5.41) is 9.34. The van der Waals surface area contributed by atoms with Crippen LogP contribution in [0, 0.1) is 0 Å². The third kappa shape index (κ3) is 3.06. The fourth-order valence-electron chi connectivity index (χ4n) is 2.38. The van der Waals surface area contributed by atoms with E-state index in [1.165, 1.54) is 11.1 Å². The first kappa shape index (κ1) is 13.4. The summed E-state index contributed by atoms with van der Waals surface area (Å²) < 4.78 is 0. The zero-order valence-electron chi connectivity index (χ0n) is 10.6. The lowest BCUT2D eigenvalue weighted by Gasteiger charge is -2.34. The first-order valence-corrected chi connectivity index (χ1v) is 7.49. The molecule has 0 radical (unpaired) electrons. The van der Waals surface area contributed by atoms with E-state index in [4.69, 9.17) is 0 Å². The van der Waals surface area contributed by atoms with Crippen LogP contribution in [0.25, 0.3) is 0 Å². The van der Waals surface area contributed by atoms with Gasteiger partial charge in [0, 0.05) is 18.8 Å². The molecule has 1 unspecified atom stereocenters. The zero-order chi connectivity index (χ0) is 13.0. The Kier molecular flexibility index (Phi) is 4.66. The molecule has 0 aliphatic carbocycles. The zero-order valence-corrected chi connectivity index (χ0v) is 11.4. The predicted molar refractivity (Wildman–Crippen MR) is 75.0 cm³/mol. The van der Waals surface area contributed by atoms with Crippen LogP contribution in [0.15, 0.2) is 24.3 Å². The maximum atomic E-state index is 11.4. The van der Waals surface area contributed by atoms with Gasteiger partial charge in [-0.2, -0.15) is 11.8 Å². The maximum absolute atomic E-state index is 11.4. The average molecular weight is 265 g/mol. The van der Waals surface area contributed by atoms with Crippen molar-refractivity contribution < 1.29 is 9.90 Å². The van der Waals surface area contributed by atoms with Gasteiger partial charge in [-0.05, 0) is 23.3 Å². The molecule has 1 atom stereocenters. The van der Waals surface area contributed by atoms with Crippen LogP contribution < -0.4 is 0 Å². The molecule has 0 fully saturated rings. The quantitative estimate of drug-likeness (QED) is 0.829. The Balaban J connectivity index is 2.10. The smallest absolute Gasteiger partial charge is 0.321 e. The lowest BCUT2D eigenvalue weighted by Crippen LogP contribution is -2.46. The molecule has 1 aliphatic heterocycles. The second-order valence-electron chi connectivity index (χ2n) is 4.49. The van der Waals surface area contributed by atoms with E-state index in [0.29, 0.717) is 6.42 Å². The van der Waals surface area contributed by atoms with Crippen molar-refractivity contribution >= 4 is 17.7 Å². The molecule has 0 amide bonds. The van der Waals surface area contributed by atoms with Crippen LogP contribution in [-0.4, -0.2) is 40.1 Å². The molecule has 1 N–H and O–H groups in total. The van der Waals surface area contributed by atoms with E-state index in [1.807, 2.05) is 30.0 Å². The van der Waals surface area contributed by atoms with Crippen molar-refractivity contribution in [3.8, 4) is 0 Å². The Bertz CT molecular complexity index is 422. The van der Waals surface area contributed by atoms with Crippen LogP contribution in [0.4, 0.5) is 0 Å². The maximum Gasteiger partial charge on any atom is 0.321 e. The molecular formula is C14H19NO2S. The highest BCUT2D eigenvalue weighted by atomic mass is 32.2. The predicted octanol–water partition coefficient (Wildman–Crippen LogP) is 2.25. The van der Waals surface area contributed by atoms with Gasteiger partial charge in [0.1, 0.15) is 6.04 Å². The van der Waals surface area contributed by atoms with E-state index < -0.39 is 5.97 Å². The number of thioether (sulfide) groups is 1. The van der Waals surface area contributed by atoms with Gasteiger partial charge in [-0.15, -0.1) is 0 Å². The number of hydrogen-bond donors (Lipinski definition) is 1. The summed E-state index contributed by atoms with van der Waals surface area (Å²) in [6.07, 6.45) is 0.627. The molecular weight excluding hydrogens is 246 g/mol. The number of carboxylic acid groups (broad SMARTS) is 1. The fourth-order valence-corrected chi connectivity index (χ4v) is 3.03. The van der Waals surface area contributed by atoms with E-state index in [1.54, 1.807) is 0 Å². The van der Waals surface area contributed by atoms with Crippen molar-refractivity contribution in [2.24, 2.45) is 0 Å². The summed E-state index contributed by atoms with van der Waals surface area (Å²) in [4.78, 5) is 13.4. The van der Waals surface area contributed by atoms with Crippen molar-refractivity contribution in [2.75, 3.05) is 18.1 Å². The standard InChI is InChI=1S/C14H19NO2S/c1-2-18-8-7-15-10-12-6-4-3-5-11(12)9-13(15)14(16)17/h3-6,13H,2,7-10H2,1H3,(H,16,17). The van der Waals surface area contributed by atoms with Crippen molar-refractivity contribution in [3.63, 3.8) is 0 Å². The van der Waals surface area contributed by atoms with E-state index in [9.17, 15) is 9.90 Å². The largest absolute Gasteiger partial charge is 0.480 e. The summed E-state index contributed by atoms with van der Waals surface area (Å²) >= 11 is 1.86. The molecule has 0 saturated heterocycles. The first-order valence-electron chi connectivity index (χ1n) is 6.33. The lowest BCUT2D eigenvalue weighted by molar-refractivity contribution is -0.143. The van der Waals surface area contributed by atoms with Gasteiger partial charge >= 0.3 is 5.97 Å². The molecule has 0 spiro atoms. The van der Waals surface area contributed by atoms with Gasteiger partial charge < -0.3 is 5.11 Å². The van der Waals surface area contributed by atoms with Crippen LogP contribution in [0.5, 0.6) is 0 Å². The fraction of sp³-hybridized carbons (Fsp3) is 0.500. The SMILES string of the molecule is CCSCCN1Cc2ccccc2CC1C(=O)O. The summed E-state index contributed by atoms with van der Waals surface area (Å²) in [7, 11) is 0. The second-order valence-corrected chi connectivity index (χ2v) is 5.89. The normalized spacial score (nSPS) is 19.5. The van der Waals surface area contributed by atoms with Crippen LogP contribution in [0.1, 0.15) is 18.1 Å². The Hall–Kier alpha value is -1.00. The number of carbonyl (C=O) groups is 1. The molecule has 3 nitrogen and oxygen atoms in total.